The molecule has 1 fully saturated rings. The highest BCUT2D eigenvalue weighted by molar-refractivity contribution is 9.10. The molecule has 4 rings (SSSR count). The molecule has 0 spiro atoms. The monoisotopic (exact) mass is 419 g/mol. The van der Waals surface area contributed by atoms with Crippen LogP contribution in [0.4, 0.5) is 0 Å². The fourth-order valence-corrected chi connectivity index (χ4v) is 4.16. The number of nitrogens with zero attached hydrogens (tertiary/aromatic N) is 3. The molecule has 0 aliphatic heterocycles. The average molecular weight is 420 g/mol. The first kappa shape index (κ1) is 17.9. The summed E-state index contributed by atoms with van der Waals surface area (Å²) in [7, 11) is 0. The van der Waals surface area contributed by atoms with Gasteiger partial charge in [0.05, 0.1) is 5.69 Å². The van der Waals surface area contributed by atoms with E-state index in [1.165, 1.54) is 29.2 Å². The molecule has 1 aliphatic rings. The van der Waals surface area contributed by atoms with Crippen molar-refractivity contribution in [1.82, 2.24) is 14.8 Å². The molecule has 1 N–H and O–H groups in total. The Labute approximate surface area is 158 Å². The fourth-order valence-electron chi connectivity index (χ4n) is 2.93. The largest absolute Gasteiger partial charge is 0.483 e. The van der Waals surface area contributed by atoms with Crippen LogP contribution in [0.3, 0.4) is 0 Å². The average Bonchev–Trinajstić information content (AvgIpc) is 3.40. The molecule has 1 saturated carbocycles. The summed E-state index contributed by atoms with van der Waals surface area (Å²) < 4.78 is 2.86. The predicted octanol–water partition coefficient (Wildman–Crippen LogP) is 4.87. The highest BCUT2D eigenvalue weighted by Gasteiger charge is 2.26. The van der Waals surface area contributed by atoms with E-state index < -0.39 is 0 Å². The first-order valence-corrected chi connectivity index (χ1v) is 9.82. The third kappa shape index (κ3) is 3.72. The van der Waals surface area contributed by atoms with Gasteiger partial charge in [-0.15, -0.1) is 10.2 Å². The maximum Gasteiger partial charge on any atom is 0.290 e. The lowest BCUT2D eigenvalue weighted by molar-refractivity contribution is -0.122. The van der Waals surface area contributed by atoms with Crippen LogP contribution in [0.25, 0.3) is 16.5 Å². The van der Waals surface area contributed by atoms with E-state index in [1.807, 2.05) is 0 Å². The van der Waals surface area contributed by atoms with Crippen molar-refractivity contribution in [3.05, 3.63) is 46.7 Å². The summed E-state index contributed by atoms with van der Waals surface area (Å²) in [4.78, 5) is 8.36. The molecule has 2 aromatic carbocycles. The first-order chi connectivity index (χ1) is 12.2. The van der Waals surface area contributed by atoms with Crippen molar-refractivity contribution in [3.63, 3.8) is 0 Å². The van der Waals surface area contributed by atoms with Crippen molar-refractivity contribution in [2.45, 2.75) is 30.8 Å². The maximum absolute atomic E-state index is 8.36. The molecular formula is C18H18BrN3O2S. The van der Waals surface area contributed by atoms with E-state index in [0.29, 0.717) is 0 Å². The van der Waals surface area contributed by atoms with E-state index in [4.69, 9.17) is 9.90 Å². The van der Waals surface area contributed by atoms with Gasteiger partial charge in [0.25, 0.3) is 6.47 Å². The van der Waals surface area contributed by atoms with Gasteiger partial charge in [0.15, 0.2) is 5.16 Å². The Morgan fingerprint density at radius 3 is 2.56 bits per heavy atom. The summed E-state index contributed by atoms with van der Waals surface area (Å²) in [5.41, 5.74) is 2.63. The van der Waals surface area contributed by atoms with E-state index in [0.717, 1.165) is 27.2 Å². The SMILES string of the molecule is CCSc1nnc(Br)n1-c1ccc(C2CC2)c2ccccc12.O=CO. The molecule has 7 heteroatoms. The second-order valence-electron chi connectivity index (χ2n) is 5.62. The van der Waals surface area contributed by atoms with Crippen LogP contribution >= 0.6 is 27.7 Å². The van der Waals surface area contributed by atoms with E-state index in [-0.39, 0.29) is 6.47 Å². The number of hydrogen-bond acceptors (Lipinski definition) is 4. The fraction of sp³-hybridized carbons (Fsp3) is 0.278. The molecule has 1 aromatic heterocycles. The molecule has 25 heavy (non-hydrogen) atoms. The number of halogens is 1. The number of rotatable bonds is 4. The quantitative estimate of drug-likeness (QED) is 0.482. The van der Waals surface area contributed by atoms with E-state index in [2.05, 4.69) is 74.0 Å². The summed E-state index contributed by atoms with van der Waals surface area (Å²) in [5, 5.41) is 18.9. The summed E-state index contributed by atoms with van der Waals surface area (Å²) in [6.45, 7) is 1.88. The van der Waals surface area contributed by atoms with Gasteiger partial charge in [0.2, 0.25) is 4.73 Å². The molecule has 3 aromatic rings. The van der Waals surface area contributed by atoms with Crippen LogP contribution in [0, 0.1) is 0 Å². The predicted molar refractivity (Wildman–Crippen MR) is 104 cm³/mol. The summed E-state index contributed by atoms with van der Waals surface area (Å²) >= 11 is 5.25. The zero-order valence-corrected chi connectivity index (χ0v) is 16.1. The Hall–Kier alpha value is -1.86. The standard InChI is InChI=1S/C17H16BrN3S.CH2O2/c1-2-22-17-20-19-16(18)21(17)15-10-9-12(11-7-8-11)13-5-3-4-6-14(13)15;2-1-3/h3-6,9-11H,2,7-8H2,1H3;1H,(H,2,3). The van der Waals surface area contributed by atoms with Gasteiger partial charge in [0, 0.05) is 5.39 Å². The Morgan fingerprint density at radius 1 is 1.24 bits per heavy atom. The van der Waals surface area contributed by atoms with Gasteiger partial charge in [-0.1, -0.05) is 49.0 Å². The van der Waals surface area contributed by atoms with Crippen molar-refractivity contribution >= 4 is 44.9 Å². The van der Waals surface area contributed by atoms with Crippen LogP contribution in [0.5, 0.6) is 0 Å². The number of carboxylic acid groups (broad SMARTS) is 1. The molecular weight excluding hydrogens is 402 g/mol. The smallest absolute Gasteiger partial charge is 0.290 e. The number of fused-ring (bicyclic) bond motifs is 1. The molecule has 1 heterocycles. The highest BCUT2D eigenvalue weighted by Crippen LogP contribution is 2.44. The first-order valence-electron chi connectivity index (χ1n) is 8.04. The van der Waals surface area contributed by atoms with Crippen molar-refractivity contribution in [3.8, 4) is 5.69 Å². The summed E-state index contributed by atoms with van der Waals surface area (Å²) in [5.74, 6) is 1.72. The van der Waals surface area contributed by atoms with Gasteiger partial charge in [-0.2, -0.15) is 0 Å². The zero-order valence-electron chi connectivity index (χ0n) is 13.7. The van der Waals surface area contributed by atoms with Crippen LogP contribution in [0.15, 0.2) is 46.3 Å². The normalized spacial score (nSPS) is 13.4. The van der Waals surface area contributed by atoms with Crippen LogP contribution < -0.4 is 0 Å². The van der Waals surface area contributed by atoms with Crippen LogP contribution in [0.1, 0.15) is 31.2 Å². The Morgan fingerprint density at radius 2 is 1.92 bits per heavy atom. The van der Waals surface area contributed by atoms with Gasteiger partial charge >= 0.3 is 0 Å². The third-order valence-corrected chi connectivity index (χ3v) is 5.38. The topological polar surface area (TPSA) is 68.0 Å². The van der Waals surface area contributed by atoms with Crippen LogP contribution in [0.2, 0.25) is 0 Å². The minimum absolute atomic E-state index is 0.250. The number of benzene rings is 2. The van der Waals surface area contributed by atoms with Crippen molar-refractivity contribution < 1.29 is 9.90 Å². The lowest BCUT2D eigenvalue weighted by Gasteiger charge is -2.13. The van der Waals surface area contributed by atoms with Gasteiger partial charge in [-0.3, -0.25) is 9.36 Å². The second-order valence-corrected chi connectivity index (χ2v) is 7.56. The number of carbonyl (C=O) groups is 1. The van der Waals surface area contributed by atoms with Crippen LogP contribution in [-0.4, -0.2) is 32.1 Å². The molecule has 130 valence electrons. The minimum Gasteiger partial charge on any atom is -0.483 e. The Bertz CT molecular complexity index is 893. The van der Waals surface area contributed by atoms with E-state index >= 15 is 0 Å². The molecule has 5 nitrogen and oxygen atoms in total. The van der Waals surface area contributed by atoms with Crippen molar-refractivity contribution in [2.24, 2.45) is 0 Å². The minimum atomic E-state index is -0.250. The Kier molecular flexibility index (Phi) is 5.75. The molecule has 0 radical (unpaired) electrons. The van der Waals surface area contributed by atoms with Crippen LogP contribution in [-0.2, 0) is 4.79 Å². The summed E-state index contributed by atoms with van der Waals surface area (Å²) in [6, 6.07) is 13.2. The molecule has 0 bridgehead atoms. The molecule has 0 amide bonds. The maximum atomic E-state index is 8.36. The van der Waals surface area contributed by atoms with Gasteiger partial charge < -0.3 is 5.11 Å². The van der Waals surface area contributed by atoms with Crippen molar-refractivity contribution in [2.75, 3.05) is 5.75 Å². The number of thioether (sulfide) groups is 1. The highest BCUT2D eigenvalue weighted by atomic mass is 79.9. The Balaban J connectivity index is 0.000000569. The van der Waals surface area contributed by atoms with E-state index in [1.54, 1.807) is 11.8 Å². The second kappa shape index (κ2) is 8.01. The van der Waals surface area contributed by atoms with Gasteiger partial charge in [0.1, 0.15) is 0 Å². The molecule has 0 unspecified atom stereocenters. The van der Waals surface area contributed by atoms with Gasteiger partial charge in [-0.25, -0.2) is 0 Å². The summed E-state index contributed by atoms with van der Waals surface area (Å²) in [6.07, 6.45) is 2.63. The van der Waals surface area contributed by atoms with Gasteiger partial charge in [-0.05, 0) is 57.5 Å². The lowest BCUT2D eigenvalue weighted by atomic mass is 9.99. The van der Waals surface area contributed by atoms with Crippen molar-refractivity contribution in [1.29, 1.82) is 0 Å². The number of hydrogen-bond donors (Lipinski definition) is 1. The molecule has 0 saturated heterocycles. The molecule has 1 aliphatic carbocycles. The number of aromatic nitrogens is 3. The van der Waals surface area contributed by atoms with E-state index in [9.17, 15) is 0 Å². The molecule has 0 atom stereocenters. The lowest BCUT2D eigenvalue weighted by Crippen LogP contribution is -1.99. The third-order valence-electron chi connectivity index (χ3n) is 4.06. The zero-order chi connectivity index (χ0) is 17.8.